The minimum atomic E-state index is -4.02. The molecule has 7 nitrogen and oxygen atoms in total. The van der Waals surface area contributed by atoms with E-state index in [1.165, 1.54) is 34.9 Å². The molecule has 2 heterocycles. The van der Waals surface area contributed by atoms with Crippen LogP contribution in [0.1, 0.15) is 19.4 Å². The quantitative estimate of drug-likeness (QED) is 0.346. The molecular weight excluding hydrogens is 494 g/mol. The fourth-order valence-corrected chi connectivity index (χ4v) is 7.14. The van der Waals surface area contributed by atoms with Crippen molar-refractivity contribution < 1.29 is 16.8 Å². The summed E-state index contributed by atoms with van der Waals surface area (Å²) in [5.74, 6) is 0. The van der Waals surface area contributed by atoms with Crippen LogP contribution >= 0.6 is 11.6 Å². The number of halogens is 1. The molecule has 0 atom stereocenters. The molecule has 0 radical (unpaired) electrons. The van der Waals surface area contributed by atoms with Gasteiger partial charge in [0.25, 0.3) is 10.0 Å². The van der Waals surface area contributed by atoms with Crippen molar-refractivity contribution in [3.63, 3.8) is 0 Å². The lowest BCUT2D eigenvalue weighted by atomic mass is 10.1. The number of nitrogens with zero attached hydrogens (tertiary/aromatic N) is 3. The van der Waals surface area contributed by atoms with Gasteiger partial charge < -0.3 is 0 Å². The Kier molecular flexibility index (Phi) is 6.56. The van der Waals surface area contributed by atoms with Crippen molar-refractivity contribution >= 4 is 42.7 Å². The van der Waals surface area contributed by atoms with Gasteiger partial charge in [-0.15, -0.1) is 0 Å². The summed E-state index contributed by atoms with van der Waals surface area (Å²) in [4.78, 5) is 4.46. The summed E-state index contributed by atoms with van der Waals surface area (Å²) in [5, 5.41) is 0.634. The fourth-order valence-electron chi connectivity index (χ4n) is 3.92. The summed E-state index contributed by atoms with van der Waals surface area (Å²) in [6.07, 6.45) is 2.82. The van der Waals surface area contributed by atoms with E-state index in [-0.39, 0.29) is 20.5 Å². The monoisotopic (exact) mass is 517 g/mol. The first kappa shape index (κ1) is 24.4. The third kappa shape index (κ3) is 4.02. The minimum absolute atomic E-state index is 0.0744. The first-order chi connectivity index (χ1) is 16.1. The molecule has 0 aliphatic rings. The van der Waals surface area contributed by atoms with E-state index in [1.807, 2.05) is 6.92 Å². The Bertz CT molecular complexity index is 1570. The predicted octanol–water partition coefficient (Wildman–Crippen LogP) is 4.93. The first-order valence-corrected chi connectivity index (χ1v) is 14.0. The minimum Gasteiger partial charge on any atom is -0.237 e. The summed E-state index contributed by atoms with van der Waals surface area (Å²) >= 11 is 6.52. The molecule has 178 valence electrons. The molecule has 0 aliphatic carbocycles. The smallest absolute Gasteiger partial charge is 0.237 e. The van der Waals surface area contributed by atoms with Crippen molar-refractivity contribution in [1.29, 1.82) is 0 Å². The number of hydrogen-bond donors (Lipinski definition) is 0. The standard InChI is InChI=1S/C24H24ClN3O4S2/c1-4-27(5-2)34(31,32)22-9-7-6-8-19(22)20-16-28(24-23(20)21(25)14-15-26-24)33(29,30)18-12-10-17(3)11-13-18/h6-16H,4-5H2,1-3H3. The second-order valence-corrected chi connectivity index (χ2v) is 11.9. The predicted molar refractivity (Wildman–Crippen MR) is 134 cm³/mol. The molecule has 34 heavy (non-hydrogen) atoms. The van der Waals surface area contributed by atoms with Crippen LogP contribution in [0.25, 0.3) is 22.2 Å². The summed E-state index contributed by atoms with van der Waals surface area (Å²) in [7, 11) is -7.86. The van der Waals surface area contributed by atoms with Crippen molar-refractivity contribution in [2.24, 2.45) is 0 Å². The molecule has 0 amide bonds. The van der Waals surface area contributed by atoms with Gasteiger partial charge in [-0.3, -0.25) is 0 Å². The number of benzene rings is 2. The maximum atomic E-state index is 13.6. The fraction of sp³-hybridized carbons (Fsp3) is 0.208. The van der Waals surface area contributed by atoms with Crippen LogP contribution in [-0.4, -0.2) is 43.2 Å². The van der Waals surface area contributed by atoms with Gasteiger partial charge in [0.05, 0.1) is 14.8 Å². The molecule has 0 unspecified atom stereocenters. The van der Waals surface area contributed by atoms with E-state index >= 15 is 0 Å². The molecule has 2 aromatic heterocycles. The third-order valence-electron chi connectivity index (χ3n) is 5.68. The summed E-state index contributed by atoms with van der Waals surface area (Å²) in [5.41, 5.74) is 1.77. The molecule has 0 saturated carbocycles. The van der Waals surface area contributed by atoms with Crippen LogP contribution in [0.3, 0.4) is 0 Å². The maximum Gasteiger partial charge on any atom is 0.269 e. The third-order valence-corrected chi connectivity index (χ3v) is 9.77. The molecule has 0 bridgehead atoms. The van der Waals surface area contributed by atoms with E-state index in [0.717, 1.165) is 9.54 Å². The zero-order valence-electron chi connectivity index (χ0n) is 18.9. The van der Waals surface area contributed by atoms with Crippen LogP contribution in [0.2, 0.25) is 5.02 Å². The zero-order chi connectivity index (χ0) is 24.7. The van der Waals surface area contributed by atoms with Crippen LogP contribution in [0.15, 0.2) is 76.8 Å². The first-order valence-electron chi connectivity index (χ1n) is 10.7. The topological polar surface area (TPSA) is 89.3 Å². The number of pyridine rings is 1. The van der Waals surface area contributed by atoms with Crippen LogP contribution in [-0.2, 0) is 20.0 Å². The van der Waals surface area contributed by atoms with Gasteiger partial charge in [-0.2, -0.15) is 4.31 Å². The van der Waals surface area contributed by atoms with Crippen molar-refractivity contribution in [2.45, 2.75) is 30.6 Å². The lowest BCUT2D eigenvalue weighted by Gasteiger charge is -2.20. The summed E-state index contributed by atoms with van der Waals surface area (Å²) in [6, 6.07) is 14.6. The van der Waals surface area contributed by atoms with Crippen molar-refractivity contribution in [3.05, 3.63) is 77.6 Å². The van der Waals surface area contributed by atoms with Gasteiger partial charge in [0.15, 0.2) is 5.65 Å². The lowest BCUT2D eigenvalue weighted by Crippen LogP contribution is -2.30. The molecule has 10 heteroatoms. The average molecular weight is 518 g/mol. The largest absolute Gasteiger partial charge is 0.269 e. The lowest BCUT2D eigenvalue weighted by molar-refractivity contribution is 0.445. The highest BCUT2D eigenvalue weighted by Gasteiger charge is 2.29. The molecule has 0 N–H and O–H groups in total. The SMILES string of the molecule is CCN(CC)S(=O)(=O)c1ccccc1-c1cn(S(=O)(=O)c2ccc(C)cc2)c2nccc(Cl)c12. The van der Waals surface area contributed by atoms with Gasteiger partial charge in [-0.05, 0) is 31.2 Å². The second-order valence-electron chi connectivity index (χ2n) is 7.73. The number of sulfonamides is 1. The summed E-state index contributed by atoms with van der Waals surface area (Å²) < 4.78 is 56.4. The van der Waals surface area contributed by atoms with Gasteiger partial charge in [0.1, 0.15) is 0 Å². The number of aryl methyl sites for hydroxylation is 1. The number of aromatic nitrogens is 2. The Labute approximate surface area is 204 Å². The molecule has 0 saturated heterocycles. The average Bonchev–Trinajstić information content (AvgIpc) is 3.22. The number of rotatable bonds is 7. The van der Waals surface area contributed by atoms with Gasteiger partial charge >= 0.3 is 0 Å². The Morgan fingerprint density at radius 1 is 0.912 bits per heavy atom. The van der Waals surface area contributed by atoms with E-state index < -0.39 is 20.0 Å². The van der Waals surface area contributed by atoms with Crippen LogP contribution in [0.4, 0.5) is 0 Å². The number of hydrogen-bond acceptors (Lipinski definition) is 5. The second kappa shape index (κ2) is 9.14. The molecule has 2 aromatic carbocycles. The Balaban J connectivity index is 2.04. The molecule has 4 aromatic rings. The Morgan fingerprint density at radius 2 is 1.56 bits per heavy atom. The maximum absolute atomic E-state index is 13.6. The molecular formula is C24H24ClN3O4S2. The van der Waals surface area contributed by atoms with Crippen molar-refractivity contribution in [2.75, 3.05) is 13.1 Å². The van der Waals surface area contributed by atoms with Gasteiger partial charge in [-0.1, -0.05) is 61.3 Å². The normalized spacial score (nSPS) is 12.5. The summed E-state index contributed by atoms with van der Waals surface area (Å²) in [6.45, 7) is 6.02. The van der Waals surface area contributed by atoms with E-state index in [0.29, 0.717) is 29.6 Å². The van der Waals surface area contributed by atoms with Crippen molar-refractivity contribution in [1.82, 2.24) is 13.3 Å². The van der Waals surface area contributed by atoms with Gasteiger partial charge in [0.2, 0.25) is 10.0 Å². The van der Waals surface area contributed by atoms with Crippen LogP contribution < -0.4 is 0 Å². The van der Waals surface area contributed by atoms with Crippen LogP contribution in [0.5, 0.6) is 0 Å². The van der Waals surface area contributed by atoms with Gasteiger partial charge in [-0.25, -0.2) is 25.8 Å². The Hall–Kier alpha value is -2.72. The molecule has 0 fully saturated rings. The zero-order valence-corrected chi connectivity index (χ0v) is 21.3. The van der Waals surface area contributed by atoms with E-state index in [1.54, 1.807) is 50.2 Å². The van der Waals surface area contributed by atoms with E-state index in [9.17, 15) is 16.8 Å². The highest BCUT2D eigenvalue weighted by atomic mass is 35.5. The Morgan fingerprint density at radius 3 is 2.21 bits per heavy atom. The van der Waals surface area contributed by atoms with Gasteiger partial charge in [0, 0.05) is 42.0 Å². The van der Waals surface area contributed by atoms with E-state index in [4.69, 9.17) is 11.6 Å². The molecule has 0 aliphatic heterocycles. The number of fused-ring (bicyclic) bond motifs is 1. The highest BCUT2D eigenvalue weighted by Crippen LogP contribution is 2.39. The van der Waals surface area contributed by atoms with Crippen molar-refractivity contribution in [3.8, 4) is 11.1 Å². The highest BCUT2D eigenvalue weighted by molar-refractivity contribution is 7.90. The van der Waals surface area contributed by atoms with E-state index in [2.05, 4.69) is 4.98 Å². The molecule has 0 spiro atoms. The molecule has 4 rings (SSSR count). The van der Waals surface area contributed by atoms with Crippen LogP contribution in [0, 0.1) is 6.92 Å².